The Labute approximate surface area is 245 Å². The van der Waals surface area contributed by atoms with Gasteiger partial charge >= 0.3 is 12.2 Å². The van der Waals surface area contributed by atoms with Gasteiger partial charge in [0.1, 0.15) is 11.2 Å². The van der Waals surface area contributed by atoms with E-state index in [1.807, 2.05) is 13.0 Å². The first kappa shape index (κ1) is 31.6. The van der Waals surface area contributed by atoms with Crippen LogP contribution in [0.25, 0.3) is 5.65 Å². The van der Waals surface area contributed by atoms with Gasteiger partial charge in [-0.3, -0.25) is 4.79 Å². The quantitative estimate of drug-likeness (QED) is 0.424. The third-order valence-electron chi connectivity index (χ3n) is 7.67. The van der Waals surface area contributed by atoms with Crippen molar-refractivity contribution in [2.24, 2.45) is 11.8 Å². The molecule has 1 N–H and O–H groups in total. The second-order valence-electron chi connectivity index (χ2n) is 13.5. The van der Waals surface area contributed by atoms with Crippen LogP contribution in [0.2, 0.25) is 0 Å². The number of carbonyl (C=O) groups is 3. The zero-order valence-electron chi connectivity index (χ0n) is 25.6. The van der Waals surface area contributed by atoms with Crippen LogP contribution in [0.15, 0.2) is 18.5 Å². The highest BCUT2D eigenvalue weighted by Gasteiger charge is 2.44. The average Bonchev–Trinajstić information content (AvgIpc) is 3.41. The summed E-state index contributed by atoms with van der Waals surface area (Å²) in [4.78, 5) is 44.7. The number of imidazole rings is 1. The van der Waals surface area contributed by atoms with Crippen LogP contribution in [0.1, 0.15) is 104 Å². The minimum absolute atomic E-state index is 0.233. The first-order chi connectivity index (χ1) is 19.4. The molecular weight excluding hydrogens is 548 g/mol. The molecule has 1 aliphatic heterocycles. The van der Waals surface area contributed by atoms with E-state index in [1.165, 1.54) is 4.90 Å². The number of alkyl carbamates (subject to hydrolysis) is 1. The van der Waals surface area contributed by atoms with Gasteiger partial charge in [-0.25, -0.2) is 32.8 Å². The van der Waals surface area contributed by atoms with E-state index in [9.17, 15) is 23.2 Å². The third-order valence-corrected chi connectivity index (χ3v) is 7.67. The number of rotatable bonds is 6. The minimum atomic E-state index is -2.71. The summed E-state index contributed by atoms with van der Waals surface area (Å²) in [6.07, 6.45) is 3.54. The number of carbonyl (C=O) groups excluding carboxylic acids is 3. The van der Waals surface area contributed by atoms with Crippen molar-refractivity contribution in [2.75, 3.05) is 0 Å². The number of hydrogen-bond donors (Lipinski definition) is 1. The summed E-state index contributed by atoms with van der Waals surface area (Å²) in [5, 5.41) is 7.34. The third kappa shape index (κ3) is 7.74. The second kappa shape index (κ2) is 11.8. The number of amides is 3. The minimum Gasteiger partial charge on any atom is -0.444 e. The molecule has 3 heterocycles. The van der Waals surface area contributed by atoms with Crippen molar-refractivity contribution in [3.8, 4) is 0 Å². The Morgan fingerprint density at radius 1 is 1.12 bits per heavy atom. The number of fused-ring (bicyclic) bond motifs is 1. The smallest absolute Gasteiger partial charge is 0.417 e. The molecule has 4 rings (SSSR count). The van der Waals surface area contributed by atoms with E-state index in [2.05, 4.69) is 10.4 Å². The van der Waals surface area contributed by atoms with Crippen LogP contribution < -0.4 is 5.32 Å². The number of ether oxygens (including phenoxy) is 2. The molecule has 0 aromatic carbocycles. The molecule has 1 aliphatic carbocycles. The lowest BCUT2D eigenvalue weighted by molar-refractivity contribution is -0.131. The summed E-state index contributed by atoms with van der Waals surface area (Å²) in [7, 11) is 0. The van der Waals surface area contributed by atoms with Crippen molar-refractivity contribution < 1.29 is 32.6 Å². The summed E-state index contributed by atoms with van der Waals surface area (Å²) in [5.41, 5.74) is 0.334. The molecule has 0 spiro atoms. The normalized spacial score (nSPS) is 22.3. The van der Waals surface area contributed by atoms with Gasteiger partial charge in [0.25, 0.3) is 0 Å². The molecule has 2 aromatic rings. The Bertz CT molecular complexity index is 1310. The molecule has 0 radical (unpaired) electrons. The molecule has 1 saturated carbocycles. The van der Waals surface area contributed by atoms with Crippen molar-refractivity contribution in [3.63, 3.8) is 0 Å². The van der Waals surface area contributed by atoms with Crippen molar-refractivity contribution in [2.45, 2.75) is 123 Å². The molecule has 3 amide bonds. The Morgan fingerprint density at radius 3 is 2.36 bits per heavy atom. The number of likely N-dealkylation sites (tertiary alicyclic amines) is 1. The summed E-state index contributed by atoms with van der Waals surface area (Å²) < 4.78 is 40.4. The Morgan fingerprint density at radius 2 is 1.76 bits per heavy atom. The number of nitrogens with zero attached hydrogens (tertiary/aromatic N) is 4. The lowest BCUT2D eigenvalue weighted by Crippen LogP contribution is -2.42. The molecule has 2 unspecified atom stereocenters. The van der Waals surface area contributed by atoms with Gasteiger partial charge < -0.3 is 14.8 Å². The summed E-state index contributed by atoms with van der Waals surface area (Å²) >= 11 is 0. The molecule has 1 saturated heterocycles. The zero-order valence-corrected chi connectivity index (χ0v) is 25.6. The van der Waals surface area contributed by atoms with Gasteiger partial charge in [0, 0.05) is 24.8 Å². The monoisotopic (exact) mass is 591 g/mol. The fraction of sp³-hybridized carbons (Fsp3) is 0.700. The highest BCUT2D eigenvalue weighted by atomic mass is 19.3. The van der Waals surface area contributed by atoms with E-state index in [-0.39, 0.29) is 43.6 Å². The maximum absolute atomic E-state index is 13.9. The standard InChI is InChI=1S/C30H43F2N5O5/c1-8-21-15-20(25(38)37(21)27(40)42-29(5,6)7)13-18-14-23-34-22(17-36(23)33-16-18)24(35-26(39)41-28(2,3)4)19-9-11-30(31,32)12-10-19/h14,16-17,19-21,24H,8-13,15H2,1-7H3,(H,35,39)/t20?,21?,24-/m0/s1. The van der Waals surface area contributed by atoms with Gasteiger partial charge in [0.2, 0.25) is 11.8 Å². The number of halogens is 2. The highest BCUT2D eigenvalue weighted by molar-refractivity contribution is 5.95. The van der Waals surface area contributed by atoms with Crippen LogP contribution in [0.4, 0.5) is 18.4 Å². The van der Waals surface area contributed by atoms with Crippen LogP contribution >= 0.6 is 0 Å². The number of alkyl halides is 2. The molecule has 12 heteroatoms. The molecule has 10 nitrogen and oxygen atoms in total. The number of hydrogen-bond acceptors (Lipinski definition) is 7. The number of nitrogens with one attached hydrogen (secondary N) is 1. The Balaban J connectivity index is 1.54. The molecule has 232 valence electrons. The maximum atomic E-state index is 13.9. The second-order valence-corrected chi connectivity index (χ2v) is 13.5. The lowest BCUT2D eigenvalue weighted by Gasteiger charge is -2.33. The molecule has 42 heavy (non-hydrogen) atoms. The van der Waals surface area contributed by atoms with Gasteiger partial charge in [-0.1, -0.05) is 6.92 Å². The van der Waals surface area contributed by atoms with E-state index in [1.54, 1.807) is 58.5 Å². The molecule has 2 aliphatic rings. The predicted octanol–water partition coefficient (Wildman–Crippen LogP) is 6.23. The highest BCUT2D eigenvalue weighted by Crippen LogP contribution is 2.41. The molecule has 0 bridgehead atoms. The van der Waals surface area contributed by atoms with Gasteiger partial charge in [-0.15, -0.1) is 0 Å². The van der Waals surface area contributed by atoms with Crippen LogP contribution in [0, 0.1) is 11.8 Å². The number of imide groups is 1. The summed E-state index contributed by atoms with van der Waals surface area (Å²) in [5.74, 6) is -3.64. The van der Waals surface area contributed by atoms with Crippen molar-refractivity contribution in [3.05, 3.63) is 29.7 Å². The van der Waals surface area contributed by atoms with Crippen molar-refractivity contribution in [1.82, 2.24) is 24.8 Å². The Kier molecular flexibility index (Phi) is 8.85. The van der Waals surface area contributed by atoms with Crippen LogP contribution in [0.3, 0.4) is 0 Å². The van der Waals surface area contributed by atoms with E-state index < -0.39 is 41.3 Å². The zero-order chi connectivity index (χ0) is 31.0. The lowest BCUT2D eigenvalue weighted by atomic mass is 9.81. The molecule has 2 fully saturated rings. The molecule has 2 aromatic heterocycles. The SMILES string of the molecule is CCC1CC(Cc2cnn3cc([C@@H](NC(=O)OC(C)(C)C)C4CCC(F)(F)CC4)nc3c2)C(=O)N1C(=O)OC(C)(C)C. The van der Waals surface area contributed by atoms with Crippen LogP contribution in [-0.2, 0) is 20.7 Å². The first-order valence-electron chi connectivity index (χ1n) is 14.7. The van der Waals surface area contributed by atoms with Gasteiger partial charge in [0.15, 0.2) is 5.65 Å². The van der Waals surface area contributed by atoms with E-state index >= 15 is 0 Å². The topological polar surface area (TPSA) is 115 Å². The van der Waals surface area contributed by atoms with Gasteiger partial charge in [-0.2, -0.15) is 5.10 Å². The van der Waals surface area contributed by atoms with E-state index in [4.69, 9.17) is 14.5 Å². The Hall–Kier alpha value is -3.31. The van der Waals surface area contributed by atoms with Crippen LogP contribution in [-0.4, -0.2) is 60.8 Å². The maximum Gasteiger partial charge on any atom is 0.417 e. The largest absolute Gasteiger partial charge is 0.444 e. The van der Waals surface area contributed by atoms with E-state index in [0.29, 0.717) is 30.6 Å². The van der Waals surface area contributed by atoms with Gasteiger partial charge in [0.05, 0.1) is 24.1 Å². The summed E-state index contributed by atoms with van der Waals surface area (Å²) in [6, 6.07) is 0.945. The molecular formula is C30H43F2N5O5. The van der Waals surface area contributed by atoms with E-state index in [0.717, 1.165) is 5.56 Å². The first-order valence-corrected chi connectivity index (χ1v) is 14.7. The van der Waals surface area contributed by atoms with Gasteiger partial charge in [-0.05, 0) is 91.2 Å². The van der Waals surface area contributed by atoms with Crippen LogP contribution in [0.5, 0.6) is 0 Å². The average molecular weight is 592 g/mol. The predicted molar refractivity (Wildman–Crippen MR) is 151 cm³/mol. The number of aromatic nitrogens is 3. The van der Waals surface area contributed by atoms with Crippen molar-refractivity contribution >= 4 is 23.7 Å². The fourth-order valence-corrected chi connectivity index (χ4v) is 5.73. The fourth-order valence-electron chi connectivity index (χ4n) is 5.73. The van der Waals surface area contributed by atoms with Crippen molar-refractivity contribution in [1.29, 1.82) is 0 Å². The summed E-state index contributed by atoms with van der Waals surface area (Å²) in [6.45, 7) is 12.5. The molecule has 3 atom stereocenters.